The Kier molecular flexibility index (Phi) is 14.1. The fourth-order valence-corrected chi connectivity index (χ4v) is 11.3. The summed E-state index contributed by atoms with van der Waals surface area (Å²) in [5, 5.41) is 10.2. The number of halogens is 1. The van der Waals surface area contributed by atoms with Crippen LogP contribution in [0.4, 0.5) is 33.1 Å². The molecule has 1 unspecified atom stereocenters. The molecule has 0 radical (unpaired) electrons. The van der Waals surface area contributed by atoms with Gasteiger partial charge in [-0.05, 0) is 93.6 Å². The predicted molar refractivity (Wildman–Crippen MR) is 289 cm³/mol. The number of pyridine rings is 3. The first-order valence-electron chi connectivity index (χ1n) is 26.2. The van der Waals surface area contributed by atoms with Crippen LogP contribution in [-0.2, 0) is 20.9 Å². The molecule has 0 spiro atoms. The van der Waals surface area contributed by atoms with Crippen molar-refractivity contribution in [1.82, 2.24) is 49.4 Å². The summed E-state index contributed by atoms with van der Waals surface area (Å²) >= 11 is 0. The van der Waals surface area contributed by atoms with Gasteiger partial charge in [0.15, 0.2) is 11.9 Å². The summed E-state index contributed by atoms with van der Waals surface area (Å²) in [5.74, 6) is 0.440. The molecule has 21 heteroatoms. The molecular formula is C56H60FN15O5. The number of aromatic nitrogens is 7. The van der Waals surface area contributed by atoms with Gasteiger partial charge in [-0.25, -0.2) is 24.3 Å². The Morgan fingerprint density at radius 3 is 2.35 bits per heavy atom. The van der Waals surface area contributed by atoms with Gasteiger partial charge >= 0.3 is 0 Å². The predicted octanol–water partition coefficient (Wildman–Crippen LogP) is 5.81. The number of carbonyl (C=O) groups excluding carboxylic acids is 5. The highest BCUT2D eigenvalue weighted by Gasteiger charge is 2.35. The van der Waals surface area contributed by atoms with Crippen molar-refractivity contribution in [3.63, 3.8) is 0 Å². The fourth-order valence-electron chi connectivity index (χ4n) is 11.3. The SMILES string of the molecule is Cc1nc2ccc(-c3ccnc(N)c3)nc2n1-c1ccc(N2CCN(c3ccc(N4CCC(C(=O)N5CCC(n6cc(CNc7cccc(C=O)c7C(=O)N(C)C7CCC(=O)NC7=O)cn6)CC5)CC4)nc3)CC2)c(F)c1. The lowest BCUT2D eigenvalue weighted by Gasteiger charge is -2.38. The van der Waals surface area contributed by atoms with Gasteiger partial charge in [0.05, 0.1) is 46.8 Å². The fraction of sp³-hybridized carbons (Fsp3) is 0.357. The molecule has 77 heavy (non-hydrogen) atoms. The highest BCUT2D eigenvalue weighted by molar-refractivity contribution is 6.09. The van der Waals surface area contributed by atoms with E-state index >= 15 is 4.39 Å². The number of nitrogens with zero attached hydrogens (tertiary/aromatic N) is 12. The van der Waals surface area contributed by atoms with E-state index in [0.29, 0.717) is 92.0 Å². The van der Waals surface area contributed by atoms with E-state index in [-0.39, 0.29) is 53.6 Å². The second-order valence-electron chi connectivity index (χ2n) is 20.3. The van der Waals surface area contributed by atoms with Gasteiger partial charge in [0.25, 0.3) is 5.91 Å². The van der Waals surface area contributed by atoms with Gasteiger partial charge in [-0.15, -0.1) is 0 Å². The second kappa shape index (κ2) is 21.5. The first kappa shape index (κ1) is 50.4. The first-order valence-corrected chi connectivity index (χ1v) is 26.2. The average molecular weight is 1040 g/mol. The highest BCUT2D eigenvalue weighted by Crippen LogP contribution is 2.32. The number of rotatable bonds is 13. The number of fused-ring (bicyclic) bond motifs is 1. The van der Waals surface area contributed by atoms with Gasteiger partial charge in [0, 0.05) is 119 Å². The van der Waals surface area contributed by atoms with Crippen molar-refractivity contribution >= 4 is 69.8 Å². The lowest BCUT2D eigenvalue weighted by Crippen LogP contribution is -2.53. The minimum atomic E-state index is -0.832. The van der Waals surface area contributed by atoms with E-state index in [0.717, 1.165) is 67.1 Å². The minimum Gasteiger partial charge on any atom is -0.384 e. The molecule has 4 N–H and O–H groups in total. The van der Waals surface area contributed by atoms with Gasteiger partial charge in [-0.1, -0.05) is 12.1 Å². The maximum Gasteiger partial charge on any atom is 0.257 e. The third kappa shape index (κ3) is 10.4. The van der Waals surface area contributed by atoms with E-state index in [9.17, 15) is 24.0 Å². The van der Waals surface area contributed by atoms with Crippen LogP contribution in [0.15, 0.2) is 97.6 Å². The summed E-state index contributed by atoms with van der Waals surface area (Å²) in [6, 6.07) is 21.2. The van der Waals surface area contributed by atoms with Crippen molar-refractivity contribution in [2.24, 2.45) is 5.92 Å². The molecule has 4 saturated heterocycles. The monoisotopic (exact) mass is 1040 g/mol. The van der Waals surface area contributed by atoms with Crippen LogP contribution >= 0.6 is 0 Å². The van der Waals surface area contributed by atoms with Crippen LogP contribution in [0.2, 0.25) is 0 Å². The van der Waals surface area contributed by atoms with Crippen LogP contribution in [0, 0.1) is 18.7 Å². The number of benzene rings is 2. The largest absolute Gasteiger partial charge is 0.384 e. The quantitative estimate of drug-likeness (QED) is 0.0915. The molecule has 20 nitrogen and oxygen atoms in total. The van der Waals surface area contributed by atoms with Crippen molar-refractivity contribution in [2.75, 3.05) is 85.2 Å². The van der Waals surface area contributed by atoms with Gasteiger partial charge in [0.1, 0.15) is 34.8 Å². The van der Waals surface area contributed by atoms with Crippen molar-refractivity contribution in [3.05, 3.63) is 126 Å². The molecule has 4 amide bonds. The molecule has 5 aromatic heterocycles. The maximum absolute atomic E-state index is 16.0. The van der Waals surface area contributed by atoms with Crippen LogP contribution < -0.4 is 31.1 Å². The summed E-state index contributed by atoms with van der Waals surface area (Å²) in [4.78, 5) is 92.3. The van der Waals surface area contributed by atoms with Crippen molar-refractivity contribution in [2.45, 2.75) is 64.1 Å². The van der Waals surface area contributed by atoms with Crippen LogP contribution in [0.25, 0.3) is 28.1 Å². The van der Waals surface area contributed by atoms with E-state index in [1.54, 1.807) is 42.7 Å². The number of hydrogen-bond donors (Lipinski definition) is 3. The van der Waals surface area contributed by atoms with Gasteiger partial charge in [-0.2, -0.15) is 5.10 Å². The van der Waals surface area contributed by atoms with Gasteiger partial charge in [0.2, 0.25) is 17.7 Å². The zero-order valence-electron chi connectivity index (χ0n) is 43.0. The van der Waals surface area contributed by atoms with Crippen LogP contribution in [0.5, 0.6) is 0 Å². The van der Waals surface area contributed by atoms with Crippen molar-refractivity contribution in [1.29, 1.82) is 0 Å². The Morgan fingerprint density at radius 2 is 1.62 bits per heavy atom. The number of hydrogen-bond acceptors (Lipinski definition) is 15. The molecular weight excluding hydrogens is 982 g/mol. The number of imidazole rings is 1. The number of anilines is 5. The van der Waals surface area contributed by atoms with E-state index in [1.807, 2.05) is 63.8 Å². The Bertz CT molecular complexity index is 3370. The number of likely N-dealkylation sites (tertiary alicyclic amines) is 1. The second-order valence-corrected chi connectivity index (χ2v) is 20.3. The molecule has 4 aliphatic heterocycles. The number of aldehydes is 1. The van der Waals surface area contributed by atoms with E-state index in [4.69, 9.17) is 20.7 Å². The van der Waals surface area contributed by atoms with Crippen LogP contribution in [0.1, 0.15) is 76.7 Å². The number of imide groups is 1. The molecule has 9 heterocycles. The summed E-state index contributed by atoms with van der Waals surface area (Å²) in [7, 11) is 1.50. The normalized spacial score (nSPS) is 17.7. The van der Waals surface area contributed by atoms with Crippen molar-refractivity contribution < 1.29 is 28.4 Å². The van der Waals surface area contributed by atoms with Crippen LogP contribution in [0.3, 0.4) is 0 Å². The van der Waals surface area contributed by atoms with E-state index < -0.39 is 17.9 Å². The summed E-state index contributed by atoms with van der Waals surface area (Å²) in [5.41, 5.74) is 12.7. The molecule has 396 valence electrons. The zero-order chi connectivity index (χ0) is 53.3. The molecule has 7 aromatic rings. The number of carbonyl (C=O) groups is 5. The van der Waals surface area contributed by atoms with Gasteiger partial charge in [-0.3, -0.25) is 38.5 Å². The first-order chi connectivity index (χ1) is 37.4. The highest BCUT2D eigenvalue weighted by atomic mass is 19.1. The summed E-state index contributed by atoms with van der Waals surface area (Å²) in [6.07, 6.45) is 11.3. The van der Waals surface area contributed by atoms with Crippen LogP contribution in [-0.4, -0.2) is 139 Å². The Morgan fingerprint density at radius 1 is 0.844 bits per heavy atom. The lowest BCUT2D eigenvalue weighted by molar-refractivity contribution is -0.138. The molecule has 0 aliphatic carbocycles. The third-order valence-electron chi connectivity index (χ3n) is 15.5. The number of amides is 4. The Labute approximate surface area is 444 Å². The number of nitrogen functional groups attached to an aromatic ring is 1. The molecule has 1 atom stereocenters. The Balaban J connectivity index is 0.631. The number of likely N-dealkylation sites (N-methyl/N-ethyl adjacent to an activating group) is 1. The molecule has 11 rings (SSSR count). The number of aryl methyl sites for hydroxylation is 1. The molecule has 4 fully saturated rings. The molecule has 2 aromatic carbocycles. The average Bonchev–Trinajstić information content (AvgIpc) is 4.07. The number of piperazine rings is 1. The number of nitrogens with one attached hydrogen (secondary N) is 2. The number of nitrogens with two attached hydrogens (primary N) is 1. The zero-order valence-corrected chi connectivity index (χ0v) is 43.0. The van der Waals surface area contributed by atoms with E-state index in [1.165, 1.54) is 11.9 Å². The lowest BCUT2D eigenvalue weighted by atomic mass is 9.93. The maximum atomic E-state index is 16.0. The smallest absolute Gasteiger partial charge is 0.257 e. The minimum absolute atomic E-state index is 0.0427. The van der Waals surface area contributed by atoms with Gasteiger partial charge < -0.3 is 35.6 Å². The molecule has 4 aliphatic rings. The topological polar surface area (TPSA) is 226 Å². The molecule has 0 saturated carbocycles. The Hall–Kier alpha value is -8.75. The standard InChI is InChI=1S/C56H60FN15O5/c1-35-63-46-9-8-44(38-14-19-59-49(58)28-38)64-53(46)72(35)41-6-10-47(43(57)29-41)68-26-24-67(25-27-68)42-7-12-50(61-32-42)69-20-15-37(16-21-69)55(76)70-22-17-40(18-23-70)71-33-36(31-62-71)30-60-45-5-3-4-39(34-73)52(45)56(77)66(2)48-11-13-51(74)65-54(48)75/h3-10,12,14,19,28-29,31-34,37,40,48,60H,11,13,15-18,20-27,30H2,1-2H3,(H2,58,59)(H,65,74,75). The summed E-state index contributed by atoms with van der Waals surface area (Å²) < 4.78 is 19.8. The van der Waals surface area contributed by atoms with Crippen molar-refractivity contribution in [3.8, 4) is 16.9 Å². The summed E-state index contributed by atoms with van der Waals surface area (Å²) in [6.45, 7) is 7.73. The molecule has 0 bridgehead atoms. The number of piperidine rings is 3. The third-order valence-corrected chi connectivity index (χ3v) is 15.5. The van der Waals surface area contributed by atoms with E-state index in [2.05, 4.69) is 47.5 Å².